The van der Waals surface area contributed by atoms with E-state index in [1.54, 1.807) is 6.92 Å². The number of aliphatic hydroxyl groups is 1. The van der Waals surface area contributed by atoms with E-state index in [4.69, 9.17) is 4.74 Å². The molecule has 78 valence electrons. The van der Waals surface area contributed by atoms with Crippen LogP contribution >= 0.6 is 0 Å². The van der Waals surface area contributed by atoms with Crippen molar-refractivity contribution in [1.82, 2.24) is 0 Å². The van der Waals surface area contributed by atoms with Crippen LogP contribution in [0.5, 0.6) is 0 Å². The van der Waals surface area contributed by atoms with Gasteiger partial charge in [-0.2, -0.15) is 0 Å². The summed E-state index contributed by atoms with van der Waals surface area (Å²) in [7, 11) is 0. The highest BCUT2D eigenvalue weighted by Gasteiger charge is 2.27. The van der Waals surface area contributed by atoms with Gasteiger partial charge < -0.3 is 9.84 Å². The first-order chi connectivity index (χ1) is 6.04. The number of carbonyl (C=O) groups is 1. The number of esters is 1. The Bertz CT molecular complexity index is 154. The molecular weight excluding hydrogens is 168 g/mol. The monoisotopic (exact) mass is 188 g/mol. The highest BCUT2D eigenvalue weighted by atomic mass is 16.5. The lowest BCUT2D eigenvalue weighted by Crippen LogP contribution is -2.33. The van der Waals surface area contributed by atoms with Crippen LogP contribution in [0, 0.1) is 11.8 Å². The Morgan fingerprint density at radius 1 is 1.38 bits per heavy atom. The lowest BCUT2D eigenvalue weighted by Gasteiger charge is -2.23. The van der Waals surface area contributed by atoms with Gasteiger partial charge in [0.25, 0.3) is 0 Å². The van der Waals surface area contributed by atoms with Crippen molar-refractivity contribution in [2.75, 3.05) is 6.61 Å². The molecule has 0 aromatic heterocycles. The fourth-order valence-electron chi connectivity index (χ4n) is 1.46. The zero-order chi connectivity index (χ0) is 10.4. The molecule has 0 saturated heterocycles. The molecule has 0 spiro atoms. The van der Waals surface area contributed by atoms with Crippen LogP contribution in [-0.2, 0) is 9.53 Å². The van der Waals surface area contributed by atoms with Crippen LogP contribution in [0.4, 0.5) is 0 Å². The lowest BCUT2D eigenvalue weighted by atomic mass is 9.88. The van der Waals surface area contributed by atoms with Crippen LogP contribution in [0.2, 0.25) is 0 Å². The van der Waals surface area contributed by atoms with E-state index in [2.05, 4.69) is 0 Å². The zero-order valence-corrected chi connectivity index (χ0v) is 8.91. The molecule has 0 radical (unpaired) electrons. The molecule has 0 heterocycles. The Morgan fingerprint density at radius 3 is 2.23 bits per heavy atom. The quantitative estimate of drug-likeness (QED) is 0.666. The summed E-state index contributed by atoms with van der Waals surface area (Å²) >= 11 is 0. The second-order valence-corrected chi connectivity index (χ2v) is 3.51. The van der Waals surface area contributed by atoms with E-state index in [1.165, 1.54) is 0 Å². The third-order valence-electron chi connectivity index (χ3n) is 2.26. The summed E-state index contributed by atoms with van der Waals surface area (Å²) in [5, 5.41) is 9.60. The van der Waals surface area contributed by atoms with Gasteiger partial charge in [-0.05, 0) is 18.8 Å². The first kappa shape index (κ1) is 12.4. The number of aliphatic hydroxyl groups excluding tert-OH is 1. The van der Waals surface area contributed by atoms with Crippen molar-refractivity contribution in [1.29, 1.82) is 0 Å². The molecule has 0 aliphatic carbocycles. The topological polar surface area (TPSA) is 46.5 Å². The largest absolute Gasteiger partial charge is 0.464 e. The van der Waals surface area contributed by atoms with Crippen LogP contribution in [0.1, 0.15) is 34.1 Å². The van der Waals surface area contributed by atoms with Gasteiger partial charge in [0.2, 0.25) is 0 Å². The van der Waals surface area contributed by atoms with Crippen LogP contribution < -0.4 is 0 Å². The predicted molar refractivity (Wildman–Crippen MR) is 51.3 cm³/mol. The van der Waals surface area contributed by atoms with Crippen molar-refractivity contribution >= 4 is 5.97 Å². The summed E-state index contributed by atoms with van der Waals surface area (Å²) in [6.45, 7) is 8.02. The summed E-state index contributed by atoms with van der Waals surface area (Å²) in [5.41, 5.74) is 0. The normalized spacial score (nSPS) is 15.5. The number of ether oxygens (including phenoxy) is 1. The molecule has 3 heteroatoms. The summed E-state index contributed by atoms with van der Waals surface area (Å²) in [4.78, 5) is 11.2. The molecule has 2 atom stereocenters. The fraction of sp³-hybridized carbons (Fsp3) is 0.900. The highest BCUT2D eigenvalue weighted by Crippen LogP contribution is 2.19. The van der Waals surface area contributed by atoms with Gasteiger partial charge in [0.1, 0.15) is 0 Å². The third-order valence-corrected chi connectivity index (χ3v) is 2.26. The Balaban J connectivity index is 4.19. The first-order valence-corrected chi connectivity index (χ1v) is 4.89. The number of hydrogen-bond acceptors (Lipinski definition) is 3. The molecule has 3 nitrogen and oxygen atoms in total. The molecule has 0 aromatic rings. The van der Waals surface area contributed by atoms with E-state index >= 15 is 0 Å². The molecule has 1 N–H and O–H groups in total. The summed E-state index contributed by atoms with van der Waals surface area (Å²) in [6, 6.07) is 0. The Morgan fingerprint density at radius 2 is 1.92 bits per heavy atom. The molecule has 0 aromatic carbocycles. The SMILES string of the molecule is CCOC(=O)C(O)C(CC)C(C)C. The van der Waals surface area contributed by atoms with Gasteiger partial charge in [0.05, 0.1) is 6.61 Å². The predicted octanol–water partition coefficient (Wildman–Crippen LogP) is 1.59. The second-order valence-electron chi connectivity index (χ2n) is 3.51. The van der Waals surface area contributed by atoms with Gasteiger partial charge in [-0.15, -0.1) is 0 Å². The van der Waals surface area contributed by atoms with Crippen molar-refractivity contribution in [2.24, 2.45) is 11.8 Å². The molecule has 0 amide bonds. The average Bonchev–Trinajstić information content (AvgIpc) is 2.05. The Kier molecular flexibility index (Phi) is 5.71. The van der Waals surface area contributed by atoms with E-state index in [1.807, 2.05) is 20.8 Å². The smallest absolute Gasteiger partial charge is 0.335 e. The maximum absolute atomic E-state index is 11.2. The second kappa shape index (κ2) is 5.97. The van der Waals surface area contributed by atoms with E-state index in [0.29, 0.717) is 12.5 Å². The van der Waals surface area contributed by atoms with Gasteiger partial charge in [-0.3, -0.25) is 0 Å². The molecule has 0 saturated carbocycles. The standard InChI is InChI=1S/C10H20O3/c1-5-8(7(3)4)9(11)10(12)13-6-2/h7-9,11H,5-6H2,1-4H3. The van der Waals surface area contributed by atoms with Crippen LogP contribution in [0.15, 0.2) is 0 Å². The molecule has 0 rings (SSSR count). The highest BCUT2D eigenvalue weighted by molar-refractivity contribution is 5.74. The minimum Gasteiger partial charge on any atom is -0.464 e. The maximum atomic E-state index is 11.2. The van der Waals surface area contributed by atoms with Crippen LogP contribution in [0.3, 0.4) is 0 Å². The summed E-state index contributed by atoms with van der Waals surface area (Å²) in [5.74, 6) is -0.202. The van der Waals surface area contributed by atoms with E-state index in [9.17, 15) is 9.90 Å². The molecule has 2 unspecified atom stereocenters. The molecule has 0 aliphatic heterocycles. The van der Waals surface area contributed by atoms with Crippen molar-refractivity contribution in [3.8, 4) is 0 Å². The average molecular weight is 188 g/mol. The van der Waals surface area contributed by atoms with E-state index in [-0.39, 0.29) is 5.92 Å². The summed E-state index contributed by atoms with van der Waals surface area (Å²) < 4.78 is 4.75. The van der Waals surface area contributed by atoms with Crippen molar-refractivity contribution < 1.29 is 14.6 Å². The maximum Gasteiger partial charge on any atom is 0.335 e. The molecule has 0 aliphatic rings. The van der Waals surface area contributed by atoms with Crippen molar-refractivity contribution in [3.05, 3.63) is 0 Å². The third kappa shape index (κ3) is 3.77. The molecule has 0 bridgehead atoms. The van der Waals surface area contributed by atoms with Crippen molar-refractivity contribution in [2.45, 2.75) is 40.2 Å². The number of rotatable bonds is 5. The van der Waals surface area contributed by atoms with Gasteiger partial charge in [0.15, 0.2) is 6.10 Å². The van der Waals surface area contributed by atoms with Gasteiger partial charge in [-0.1, -0.05) is 27.2 Å². The Hall–Kier alpha value is -0.570. The van der Waals surface area contributed by atoms with Crippen molar-refractivity contribution in [3.63, 3.8) is 0 Å². The molecular formula is C10H20O3. The van der Waals surface area contributed by atoms with Gasteiger partial charge >= 0.3 is 5.97 Å². The molecule has 0 fully saturated rings. The number of carbonyl (C=O) groups excluding carboxylic acids is 1. The Labute approximate surface area is 80.1 Å². The summed E-state index contributed by atoms with van der Waals surface area (Å²) in [6.07, 6.45) is -0.178. The van der Waals surface area contributed by atoms with E-state index in [0.717, 1.165) is 6.42 Å². The first-order valence-electron chi connectivity index (χ1n) is 4.89. The van der Waals surface area contributed by atoms with E-state index < -0.39 is 12.1 Å². The molecule has 13 heavy (non-hydrogen) atoms. The fourth-order valence-corrected chi connectivity index (χ4v) is 1.46. The van der Waals surface area contributed by atoms with Crippen LogP contribution in [-0.4, -0.2) is 23.8 Å². The van der Waals surface area contributed by atoms with Gasteiger partial charge in [-0.25, -0.2) is 4.79 Å². The minimum atomic E-state index is -0.968. The van der Waals surface area contributed by atoms with Crippen LogP contribution in [0.25, 0.3) is 0 Å². The minimum absolute atomic E-state index is 0.000880. The van der Waals surface area contributed by atoms with Gasteiger partial charge in [0, 0.05) is 0 Å². The lowest BCUT2D eigenvalue weighted by molar-refractivity contribution is -0.157. The zero-order valence-electron chi connectivity index (χ0n) is 8.91. The number of hydrogen-bond donors (Lipinski definition) is 1.